The van der Waals surface area contributed by atoms with E-state index < -0.39 is 0 Å². The van der Waals surface area contributed by atoms with E-state index in [1.807, 2.05) is 6.07 Å². The van der Waals surface area contributed by atoms with Gasteiger partial charge in [-0.1, -0.05) is 31.4 Å². The highest BCUT2D eigenvalue weighted by Gasteiger charge is 2.29. The van der Waals surface area contributed by atoms with Gasteiger partial charge in [0.25, 0.3) is 0 Å². The van der Waals surface area contributed by atoms with Gasteiger partial charge in [0.2, 0.25) is 0 Å². The molecule has 0 amide bonds. The van der Waals surface area contributed by atoms with Gasteiger partial charge in [0, 0.05) is 6.04 Å². The maximum atomic E-state index is 5.33. The average Bonchev–Trinajstić information content (AvgIpc) is 3.18. The van der Waals surface area contributed by atoms with Crippen LogP contribution in [0.3, 0.4) is 0 Å². The van der Waals surface area contributed by atoms with Crippen molar-refractivity contribution in [1.82, 2.24) is 5.32 Å². The first-order chi connectivity index (χ1) is 9.35. The van der Waals surface area contributed by atoms with E-state index in [1.54, 1.807) is 7.11 Å². The molecule has 2 nitrogen and oxygen atoms in total. The highest BCUT2D eigenvalue weighted by atomic mass is 16.5. The number of hydrogen-bond donors (Lipinski definition) is 1. The molecule has 2 aliphatic carbocycles. The quantitative estimate of drug-likeness (QED) is 0.810. The smallest absolute Gasteiger partial charge is 0.119 e. The standard InChI is InChI=1S/C17H25NO/c1-19-17-7-2-4-13(11-17)10-15(14-5-3-6-14)12-18-16-8-9-16/h2,4,7,11,14-16,18H,3,5-6,8-10,12H2,1H3. The van der Waals surface area contributed by atoms with Crippen LogP contribution in [0.5, 0.6) is 5.75 Å². The number of hydrogen-bond acceptors (Lipinski definition) is 2. The third-order valence-corrected chi connectivity index (χ3v) is 4.69. The molecule has 1 unspecified atom stereocenters. The third-order valence-electron chi connectivity index (χ3n) is 4.69. The first kappa shape index (κ1) is 13.0. The van der Waals surface area contributed by atoms with E-state index in [-0.39, 0.29) is 0 Å². The van der Waals surface area contributed by atoms with E-state index in [0.717, 1.165) is 23.6 Å². The van der Waals surface area contributed by atoms with Gasteiger partial charge in [-0.2, -0.15) is 0 Å². The molecule has 1 aromatic carbocycles. The van der Waals surface area contributed by atoms with Crippen LogP contribution in [-0.2, 0) is 6.42 Å². The molecule has 0 aromatic heterocycles. The Morgan fingerprint density at radius 1 is 1.26 bits per heavy atom. The molecule has 0 radical (unpaired) electrons. The number of methoxy groups -OCH3 is 1. The summed E-state index contributed by atoms with van der Waals surface area (Å²) >= 11 is 0. The minimum absolute atomic E-state index is 0.807. The fraction of sp³-hybridized carbons (Fsp3) is 0.647. The molecule has 1 aromatic rings. The zero-order chi connectivity index (χ0) is 13.1. The Bertz CT molecular complexity index is 409. The van der Waals surface area contributed by atoms with Crippen LogP contribution in [0.4, 0.5) is 0 Å². The Labute approximate surface area is 116 Å². The molecular formula is C17H25NO. The summed E-state index contributed by atoms with van der Waals surface area (Å²) in [5.41, 5.74) is 1.42. The summed E-state index contributed by atoms with van der Waals surface area (Å²) < 4.78 is 5.33. The van der Waals surface area contributed by atoms with Crippen LogP contribution in [0.1, 0.15) is 37.7 Å². The van der Waals surface area contributed by atoms with Crippen molar-refractivity contribution in [2.24, 2.45) is 11.8 Å². The van der Waals surface area contributed by atoms with Crippen molar-refractivity contribution < 1.29 is 4.74 Å². The third kappa shape index (κ3) is 3.50. The van der Waals surface area contributed by atoms with Gasteiger partial charge in [0.15, 0.2) is 0 Å². The second-order valence-electron chi connectivity index (χ2n) is 6.19. The number of rotatable bonds is 7. The predicted octanol–water partition coefficient (Wildman–Crippen LogP) is 3.41. The maximum Gasteiger partial charge on any atom is 0.119 e. The molecule has 0 spiro atoms. The Hall–Kier alpha value is -1.02. The van der Waals surface area contributed by atoms with Crippen LogP contribution >= 0.6 is 0 Å². The number of ether oxygens (including phenoxy) is 1. The summed E-state index contributed by atoms with van der Waals surface area (Å²) in [4.78, 5) is 0. The molecule has 1 atom stereocenters. The van der Waals surface area contributed by atoms with Crippen LogP contribution in [0.2, 0.25) is 0 Å². The van der Waals surface area contributed by atoms with Crippen LogP contribution in [0.25, 0.3) is 0 Å². The van der Waals surface area contributed by atoms with Crippen molar-refractivity contribution >= 4 is 0 Å². The molecule has 2 saturated carbocycles. The highest BCUT2D eigenvalue weighted by Crippen LogP contribution is 2.35. The van der Waals surface area contributed by atoms with Gasteiger partial charge in [-0.3, -0.25) is 0 Å². The molecular weight excluding hydrogens is 234 g/mol. The molecule has 0 bridgehead atoms. The van der Waals surface area contributed by atoms with E-state index in [1.165, 1.54) is 50.6 Å². The molecule has 19 heavy (non-hydrogen) atoms. The van der Waals surface area contributed by atoms with E-state index in [0.29, 0.717) is 0 Å². The topological polar surface area (TPSA) is 21.3 Å². The van der Waals surface area contributed by atoms with Crippen molar-refractivity contribution in [3.63, 3.8) is 0 Å². The van der Waals surface area contributed by atoms with Gasteiger partial charge < -0.3 is 10.1 Å². The fourth-order valence-electron chi connectivity index (χ4n) is 3.02. The van der Waals surface area contributed by atoms with Crippen LogP contribution in [0.15, 0.2) is 24.3 Å². The van der Waals surface area contributed by atoms with Crippen molar-refractivity contribution in [2.45, 2.75) is 44.6 Å². The lowest BCUT2D eigenvalue weighted by atomic mass is 9.73. The second-order valence-corrected chi connectivity index (χ2v) is 6.19. The number of nitrogens with one attached hydrogen (secondary N) is 1. The zero-order valence-corrected chi connectivity index (χ0v) is 11.9. The summed E-state index contributed by atoms with van der Waals surface area (Å²) in [5, 5.41) is 3.72. The normalized spacial score (nSPS) is 20.9. The van der Waals surface area contributed by atoms with Gasteiger partial charge in [0.1, 0.15) is 5.75 Å². The van der Waals surface area contributed by atoms with Gasteiger partial charge in [0.05, 0.1) is 7.11 Å². The molecule has 2 fully saturated rings. The first-order valence-corrected chi connectivity index (χ1v) is 7.71. The predicted molar refractivity (Wildman–Crippen MR) is 78.6 cm³/mol. The lowest BCUT2D eigenvalue weighted by Crippen LogP contribution is -2.34. The van der Waals surface area contributed by atoms with Gasteiger partial charge in [-0.05, 0) is 55.3 Å². The summed E-state index contributed by atoms with van der Waals surface area (Å²) in [5.74, 6) is 2.74. The lowest BCUT2D eigenvalue weighted by molar-refractivity contribution is 0.199. The highest BCUT2D eigenvalue weighted by molar-refractivity contribution is 5.28. The van der Waals surface area contributed by atoms with Crippen molar-refractivity contribution in [2.75, 3.05) is 13.7 Å². The fourth-order valence-corrected chi connectivity index (χ4v) is 3.02. The van der Waals surface area contributed by atoms with Crippen LogP contribution in [-0.4, -0.2) is 19.7 Å². The molecule has 0 aliphatic heterocycles. The Balaban J connectivity index is 1.60. The Morgan fingerprint density at radius 3 is 2.74 bits per heavy atom. The average molecular weight is 259 g/mol. The van der Waals surface area contributed by atoms with Gasteiger partial charge in [-0.25, -0.2) is 0 Å². The molecule has 0 heterocycles. The monoisotopic (exact) mass is 259 g/mol. The van der Waals surface area contributed by atoms with Crippen molar-refractivity contribution in [1.29, 1.82) is 0 Å². The molecule has 0 saturated heterocycles. The Kier molecular flexibility index (Phi) is 4.07. The number of benzene rings is 1. The zero-order valence-electron chi connectivity index (χ0n) is 11.9. The molecule has 1 N–H and O–H groups in total. The first-order valence-electron chi connectivity index (χ1n) is 7.71. The summed E-state index contributed by atoms with van der Waals surface area (Å²) in [6.07, 6.45) is 8.26. The molecule has 3 rings (SSSR count). The lowest BCUT2D eigenvalue weighted by Gasteiger charge is -2.34. The summed E-state index contributed by atoms with van der Waals surface area (Å²) in [7, 11) is 1.75. The van der Waals surface area contributed by atoms with E-state index in [2.05, 4.69) is 23.5 Å². The van der Waals surface area contributed by atoms with E-state index in [4.69, 9.17) is 4.74 Å². The minimum Gasteiger partial charge on any atom is -0.497 e. The maximum absolute atomic E-state index is 5.33. The van der Waals surface area contributed by atoms with E-state index in [9.17, 15) is 0 Å². The largest absolute Gasteiger partial charge is 0.497 e. The van der Waals surface area contributed by atoms with Crippen LogP contribution in [0, 0.1) is 11.8 Å². The Morgan fingerprint density at radius 2 is 2.11 bits per heavy atom. The molecule has 2 aliphatic rings. The van der Waals surface area contributed by atoms with Gasteiger partial charge >= 0.3 is 0 Å². The SMILES string of the molecule is COc1cccc(CC(CNC2CC2)C2CCC2)c1. The second kappa shape index (κ2) is 5.96. The molecule has 2 heteroatoms. The van der Waals surface area contributed by atoms with Crippen molar-refractivity contribution in [3.8, 4) is 5.75 Å². The van der Waals surface area contributed by atoms with Crippen LogP contribution < -0.4 is 10.1 Å². The van der Waals surface area contributed by atoms with E-state index >= 15 is 0 Å². The summed E-state index contributed by atoms with van der Waals surface area (Å²) in [6.45, 7) is 1.20. The molecule has 104 valence electrons. The summed E-state index contributed by atoms with van der Waals surface area (Å²) in [6, 6.07) is 9.41. The van der Waals surface area contributed by atoms with Crippen molar-refractivity contribution in [3.05, 3.63) is 29.8 Å². The minimum atomic E-state index is 0.807. The van der Waals surface area contributed by atoms with Gasteiger partial charge in [-0.15, -0.1) is 0 Å².